The largest absolute Gasteiger partial charge is 0.493 e. The van der Waals surface area contributed by atoms with Gasteiger partial charge in [-0.25, -0.2) is 0 Å². The molecule has 4 rings (SSSR count). The van der Waals surface area contributed by atoms with E-state index in [1.54, 1.807) is 14.2 Å². The molecular formula is C23H27NO4. The van der Waals surface area contributed by atoms with Gasteiger partial charge in [0.05, 0.1) is 25.7 Å². The smallest absolute Gasteiger partial charge is 0.231 e. The highest BCUT2D eigenvalue weighted by atomic mass is 16.5. The minimum Gasteiger partial charge on any atom is -0.493 e. The number of carbonyl (C=O) groups is 1. The molecule has 1 heterocycles. The number of carbonyl (C=O) groups excluding carboxylic acids is 1. The Labute approximate surface area is 166 Å². The molecule has 1 N–H and O–H groups in total. The number of hydrogen-bond acceptors (Lipinski definition) is 4. The van der Waals surface area contributed by atoms with Crippen molar-refractivity contribution >= 4 is 5.91 Å². The summed E-state index contributed by atoms with van der Waals surface area (Å²) >= 11 is 0. The van der Waals surface area contributed by atoms with Gasteiger partial charge in [-0.15, -0.1) is 0 Å². The molecule has 0 aromatic heterocycles. The van der Waals surface area contributed by atoms with Crippen molar-refractivity contribution in [1.82, 2.24) is 5.32 Å². The van der Waals surface area contributed by atoms with Gasteiger partial charge in [0.25, 0.3) is 0 Å². The molecule has 1 amide bonds. The molecule has 1 aliphatic heterocycles. The molecule has 0 radical (unpaired) electrons. The highest BCUT2D eigenvalue weighted by Gasteiger charge is 2.43. The molecule has 28 heavy (non-hydrogen) atoms. The number of benzene rings is 2. The SMILES string of the molecule is COc1cc2c(cc1OC)C(NC(=O)C1(c3ccccc3)CCOCC1)CC2. The summed E-state index contributed by atoms with van der Waals surface area (Å²) < 4.78 is 16.5. The fraction of sp³-hybridized carbons (Fsp3) is 0.435. The van der Waals surface area contributed by atoms with E-state index in [4.69, 9.17) is 14.2 Å². The van der Waals surface area contributed by atoms with E-state index in [0.29, 0.717) is 31.8 Å². The number of aryl methyl sites for hydroxylation is 1. The molecule has 1 aliphatic carbocycles. The molecule has 1 atom stereocenters. The molecule has 5 nitrogen and oxygen atoms in total. The number of methoxy groups -OCH3 is 2. The lowest BCUT2D eigenvalue weighted by atomic mass is 9.73. The monoisotopic (exact) mass is 381 g/mol. The van der Waals surface area contributed by atoms with Gasteiger partial charge in [-0.3, -0.25) is 4.79 Å². The summed E-state index contributed by atoms with van der Waals surface area (Å²) in [5.41, 5.74) is 2.88. The van der Waals surface area contributed by atoms with Crippen LogP contribution in [0.1, 0.15) is 42.0 Å². The summed E-state index contributed by atoms with van der Waals surface area (Å²) in [7, 11) is 3.28. The minimum absolute atomic E-state index is 0.00858. The van der Waals surface area contributed by atoms with Crippen LogP contribution in [0.4, 0.5) is 0 Å². The first-order chi connectivity index (χ1) is 13.7. The van der Waals surface area contributed by atoms with Crippen molar-refractivity contribution in [1.29, 1.82) is 0 Å². The first-order valence-electron chi connectivity index (χ1n) is 9.87. The molecular weight excluding hydrogens is 354 g/mol. The second-order valence-electron chi connectivity index (χ2n) is 7.53. The Hall–Kier alpha value is -2.53. The van der Waals surface area contributed by atoms with E-state index in [9.17, 15) is 4.79 Å². The van der Waals surface area contributed by atoms with Crippen molar-refractivity contribution in [3.63, 3.8) is 0 Å². The van der Waals surface area contributed by atoms with Gasteiger partial charge in [0.2, 0.25) is 5.91 Å². The molecule has 0 bridgehead atoms. The fourth-order valence-corrected chi connectivity index (χ4v) is 4.50. The lowest BCUT2D eigenvalue weighted by molar-refractivity contribution is -0.131. The van der Waals surface area contributed by atoms with Gasteiger partial charge < -0.3 is 19.5 Å². The van der Waals surface area contributed by atoms with Crippen LogP contribution in [0.2, 0.25) is 0 Å². The molecule has 5 heteroatoms. The van der Waals surface area contributed by atoms with E-state index < -0.39 is 5.41 Å². The third-order valence-electron chi connectivity index (χ3n) is 6.14. The third-order valence-corrected chi connectivity index (χ3v) is 6.14. The summed E-state index contributed by atoms with van der Waals surface area (Å²) in [6.45, 7) is 1.21. The van der Waals surface area contributed by atoms with Crippen LogP contribution in [0.25, 0.3) is 0 Å². The molecule has 1 unspecified atom stereocenters. The van der Waals surface area contributed by atoms with Gasteiger partial charge >= 0.3 is 0 Å². The summed E-state index contributed by atoms with van der Waals surface area (Å²) in [5.74, 6) is 1.53. The Morgan fingerprint density at radius 2 is 1.75 bits per heavy atom. The van der Waals surface area contributed by atoms with Crippen molar-refractivity contribution in [3.8, 4) is 11.5 Å². The number of hydrogen-bond donors (Lipinski definition) is 1. The standard InChI is InChI=1S/C23H27NO4/c1-26-20-14-16-8-9-19(18(16)15-21(20)27-2)24-22(25)23(10-12-28-13-11-23)17-6-4-3-5-7-17/h3-7,14-15,19H,8-13H2,1-2H3,(H,24,25). The molecule has 1 fully saturated rings. The summed E-state index contributed by atoms with van der Waals surface area (Å²) in [4.78, 5) is 13.5. The first kappa shape index (κ1) is 18.8. The molecule has 0 spiro atoms. The van der Waals surface area contributed by atoms with Crippen molar-refractivity contribution in [3.05, 3.63) is 59.2 Å². The van der Waals surface area contributed by atoms with Crippen LogP contribution in [0.5, 0.6) is 11.5 Å². The average molecular weight is 381 g/mol. The van der Waals surface area contributed by atoms with E-state index in [-0.39, 0.29) is 11.9 Å². The van der Waals surface area contributed by atoms with Gasteiger partial charge in [0, 0.05) is 13.2 Å². The normalized spacial score (nSPS) is 20.3. The second kappa shape index (κ2) is 7.84. The predicted molar refractivity (Wildman–Crippen MR) is 107 cm³/mol. The maximum absolute atomic E-state index is 13.5. The van der Waals surface area contributed by atoms with Crippen LogP contribution < -0.4 is 14.8 Å². The van der Waals surface area contributed by atoms with Crippen LogP contribution in [0.3, 0.4) is 0 Å². The summed E-state index contributed by atoms with van der Waals surface area (Å²) in [5, 5.41) is 3.34. The minimum atomic E-state index is -0.529. The van der Waals surface area contributed by atoms with Crippen molar-refractivity contribution in [2.45, 2.75) is 37.1 Å². The zero-order chi connectivity index (χ0) is 19.6. The van der Waals surface area contributed by atoms with Crippen LogP contribution in [-0.2, 0) is 21.4 Å². The van der Waals surface area contributed by atoms with Crippen molar-refractivity contribution in [2.75, 3.05) is 27.4 Å². The molecule has 2 aliphatic rings. The Morgan fingerprint density at radius 1 is 1.07 bits per heavy atom. The molecule has 148 valence electrons. The van der Waals surface area contributed by atoms with Crippen LogP contribution in [0.15, 0.2) is 42.5 Å². The third kappa shape index (κ3) is 3.24. The van der Waals surface area contributed by atoms with Crippen LogP contribution >= 0.6 is 0 Å². The van der Waals surface area contributed by atoms with E-state index in [2.05, 4.69) is 17.4 Å². The average Bonchev–Trinajstić information content (AvgIpc) is 3.15. The van der Waals surface area contributed by atoms with Crippen LogP contribution in [0, 0.1) is 0 Å². The van der Waals surface area contributed by atoms with Gasteiger partial charge in [0.1, 0.15) is 0 Å². The van der Waals surface area contributed by atoms with Gasteiger partial charge in [0.15, 0.2) is 11.5 Å². The van der Waals surface area contributed by atoms with Gasteiger partial charge in [-0.05, 0) is 54.5 Å². The Bertz CT molecular complexity index is 843. The number of nitrogens with one attached hydrogen (secondary N) is 1. The quantitative estimate of drug-likeness (QED) is 0.861. The Balaban J connectivity index is 1.62. The maximum Gasteiger partial charge on any atom is 0.231 e. The highest BCUT2D eigenvalue weighted by molar-refractivity contribution is 5.89. The fourth-order valence-electron chi connectivity index (χ4n) is 4.50. The van der Waals surface area contributed by atoms with E-state index >= 15 is 0 Å². The van der Waals surface area contributed by atoms with Crippen LogP contribution in [-0.4, -0.2) is 33.3 Å². The zero-order valence-electron chi connectivity index (χ0n) is 16.5. The van der Waals surface area contributed by atoms with Gasteiger partial charge in [-0.2, -0.15) is 0 Å². The number of rotatable bonds is 5. The predicted octanol–water partition coefficient (Wildman–Crippen LogP) is 3.56. The van der Waals surface area contributed by atoms with Crippen molar-refractivity contribution < 1.29 is 19.0 Å². The second-order valence-corrected chi connectivity index (χ2v) is 7.53. The maximum atomic E-state index is 13.5. The highest BCUT2D eigenvalue weighted by Crippen LogP contribution is 2.41. The van der Waals surface area contributed by atoms with Crippen molar-refractivity contribution in [2.24, 2.45) is 0 Å². The Kier molecular flexibility index (Phi) is 5.27. The zero-order valence-corrected chi connectivity index (χ0v) is 16.5. The number of fused-ring (bicyclic) bond motifs is 1. The van der Waals surface area contributed by atoms with Gasteiger partial charge in [-0.1, -0.05) is 30.3 Å². The number of amides is 1. The molecule has 2 aromatic rings. The summed E-state index contributed by atoms with van der Waals surface area (Å²) in [6.07, 6.45) is 3.21. The lowest BCUT2D eigenvalue weighted by Gasteiger charge is -2.37. The van der Waals surface area contributed by atoms with E-state index in [0.717, 1.165) is 29.7 Å². The topological polar surface area (TPSA) is 56.8 Å². The van der Waals surface area contributed by atoms with E-state index in [1.807, 2.05) is 30.3 Å². The molecule has 1 saturated heterocycles. The first-order valence-corrected chi connectivity index (χ1v) is 9.87. The Morgan fingerprint density at radius 3 is 2.43 bits per heavy atom. The number of ether oxygens (including phenoxy) is 3. The summed E-state index contributed by atoms with van der Waals surface area (Å²) in [6, 6.07) is 14.1. The molecule has 0 saturated carbocycles. The van der Waals surface area contributed by atoms with E-state index in [1.165, 1.54) is 5.56 Å². The lowest BCUT2D eigenvalue weighted by Crippen LogP contribution is -2.48. The molecule has 2 aromatic carbocycles.